The van der Waals surface area contributed by atoms with Gasteiger partial charge in [-0.3, -0.25) is 0 Å². The Morgan fingerprint density at radius 3 is 2.59 bits per heavy atom. The summed E-state index contributed by atoms with van der Waals surface area (Å²) < 4.78 is 29.2. The van der Waals surface area contributed by atoms with Crippen LogP contribution >= 0.6 is 0 Å². The van der Waals surface area contributed by atoms with Crippen LogP contribution in [0, 0.1) is 20.8 Å². The third kappa shape index (κ3) is 4.81. The van der Waals surface area contributed by atoms with Gasteiger partial charge in [0.05, 0.1) is 11.4 Å². The summed E-state index contributed by atoms with van der Waals surface area (Å²) in [6, 6.07) is 13.2. The van der Waals surface area contributed by atoms with Gasteiger partial charge in [0.15, 0.2) is 5.82 Å². The molecule has 27 heavy (non-hydrogen) atoms. The van der Waals surface area contributed by atoms with Crippen LogP contribution in [-0.4, -0.2) is 29.7 Å². The molecule has 0 atom stereocenters. The highest BCUT2D eigenvalue weighted by atomic mass is 32.2. The quantitative estimate of drug-likeness (QED) is 0.679. The SMILES string of the molecule is Cc1cccc(CS(=O)(=O)NCCc2c(C)nn(-c3ccccn3)c2C)c1. The fourth-order valence-corrected chi connectivity index (χ4v) is 4.28. The zero-order valence-electron chi connectivity index (χ0n) is 15.8. The number of hydrogen-bond donors (Lipinski definition) is 1. The molecule has 0 fully saturated rings. The second kappa shape index (κ2) is 8.02. The summed E-state index contributed by atoms with van der Waals surface area (Å²) in [6.45, 7) is 6.20. The molecule has 0 unspecified atom stereocenters. The Morgan fingerprint density at radius 1 is 1.07 bits per heavy atom. The highest BCUT2D eigenvalue weighted by Crippen LogP contribution is 2.17. The molecule has 0 amide bonds. The van der Waals surface area contributed by atoms with Crippen molar-refractivity contribution >= 4 is 10.0 Å². The summed E-state index contributed by atoms with van der Waals surface area (Å²) in [5, 5.41) is 4.55. The second-order valence-electron chi connectivity index (χ2n) is 6.64. The van der Waals surface area contributed by atoms with Crippen LogP contribution in [-0.2, 0) is 22.2 Å². The van der Waals surface area contributed by atoms with E-state index in [1.165, 1.54) is 0 Å². The summed E-state index contributed by atoms with van der Waals surface area (Å²) in [7, 11) is -3.38. The third-order valence-electron chi connectivity index (χ3n) is 4.44. The van der Waals surface area contributed by atoms with Crippen LogP contribution in [0.25, 0.3) is 5.82 Å². The zero-order valence-corrected chi connectivity index (χ0v) is 16.6. The van der Waals surface area contributed by atoms with Gasteiger partial charge in [-0.1, -0.05) is 35.9 Å². The Balaban J connectivity index is 1.66. The molecule has 0 radical (unpaired) electrons. The number of aromatic nitrogens is 3. The van der Waals surface area contributed by atoms with Crippen molar-refractivity contribution in [1.29, 1.82) is 0 Å². The van der Waals surface area contributed by atoms with Crippen LogP contribution < -0.4 is 4.72 Å². The molecule has 0 saturated heterocycles. The smallest absolute Gasteiger partial charge is 0.215 e. The fraction of sp³-hybridized carbons (Fsp3) is 0.300. The van der Waals surface area contributed by atoms with Gasteiger partial charge in [-0.15, -0.1) is 0 Å². The number of sulfonamides is 1. The van der Waals surface area contributed by atoms with Crippen molar-refractivity contribution in [3.8, 4) is 5.82 Å². The molecule has 2 heterocycles. The molecule has 142 valence electrons. The van der Waals surface area contributed by atoms with Crippen molar-refractivity contribution in [1.82, 2.24) is 19.5 Å². The summed E-state index contributed by atoms with van der Waals surface area (Å²) in [6.07, 6.45) is 2.31. The van der Waals surface area contributed by atoms with Crippen LogP contribution in [0.15, 0.2) is 48.7 Å². The zero-order chi connectivity index (χ0) is 19.4. The first-order valence-corrected chi connectivity index (χ1v) is 10.5. The highest BCUT2D eigenvalue weighted by Gasteiger charge is 2.15. The first-order valence-electron chi connectivity index (χ1n) is 8.85. The Kier molecular flexibility index (Phi) is 5.72. The van der Waals surface area contributed by atoms with Crippen molar-refractivity contribution in [2.75, 3.05) is 6.54 Å². The number of benzene rings is 1. The van der Waals surface area contributed by atoms with E-state index in [2.05, 4.69) is 14.8 Å². The average molecular weight is 385 g/mol. The van der Waals surface area contributed by atoms with Crippen molar-refractivity contribution < 1.29 is 8.42 Å². The molecule has 0 aliphatic carbocycles. The Morgan fingerprint density at radius 2 is 1.89 bits per heavy atom. The van der Waals surface area contributed by atoms with Crippen molar-refractivity contribution in [2.45, 2.75) is 32.9 Å². The minimum absolute atomic E-state index is 0.0140. The van der Waals surface area contributed by atoms with Crippen molar-refractivity contribution in [3.05, 3.63) is 76.7 Å². The van der Waals surface area contributed by atoms with Crippen molar-refractivity contribution in [2.24, 2.45) is 0 Å². The Hall–Kier alpha value is -2.51. The number of hydrogen-bond acceptors (Lipinski definition) is 4. The van der Waals surface area contributed by atoms with Gasteiger partial charge in [0.2, 0.25) is 10.0 Å². The number of rotatable bonds is 7. The molecule has 2 aromatic heterocycles. The first-order chi connectivity index (χ1) is 12.9. The van der Waals surface area contributed by atoms with E-state index in [-0.39, 0.29) is 5.75 Å². The summed E-state index contributed by atoms with van der Waals surface area (Å²) in [5.41, 5.74) is 4.74. The van der Waals surface area contributed by atoms with Crippen LogP contribution in [0.1, 0.15) is 28.1 Å². The average Bonchev–Trinajstić information content (AvgIpc) is 2.90. The number of nitrogens with zero attached hydrogens (tertiary/aromatic N) is 3. The number of nitrogens with one attached hydrogen (secondary N) is 1. The normalized spacial score (nSPS) is 11.7. The van der Waals surface area contributed by atoms with Gasteiger partial charge in [0, 0.05) is 18.4 Å². The third-order valence-corrected chi connectivity index (χ3v) is 5.80. The monoisotopic (exact) mass is 384 g/mol. The molecule has 6 nitrogen and oxygen atoms in total. The van der Waals surface area contributed by atoms with Crippen LogP contribution in [0.3, 0.4) is 0 Å². The predicted octanol–water partition coefficient (Wildman–Crippen LogP) is 2.85. The largest absolute Gasteiger partial charge is 0.237 e. The molecular formula is C20H24N4O2S. The molecule has 0 aliphatic rings. The van der Waals surface area contributed by atoms with Gasteiger partial charge in [-0.05, 0) is 50.5 Å². The summed E-state index contributed by atoms with van der Waals surface area (Å²) >= 11 is 0. The number of pyridine rings is 1. The van der Waals surface area contributed by atoms with Crippen molar-refractivity contribution in [3.63, 3.8) is 0 Å². The van der Waals surface area contributed by atoms with E-state index < -0.39 is 10.0 Å². The molecule has 1 N–H and O–H groups in total. The lowest BCUT2D eigenvalue weighted by Gasteiger charge is -2.08. The molecule has 7 heteroatoms. The molecule has 0 bridgehead atoms. The highest BCUT2D eigenvalue weighted by molar-refractivity contribution is 7.88. The van der Waals surface area contributed by atoms with Gasteiger partial charge in [-0.2, -0.15) is 5.10 Å². The van der Waals surface area contributed by atoms with Gasteiger partial charge < -0.3 is 0 Å². The van der Waals surface area contributed by atoms with Crippen LogP contribution in [0.4, 0.5) is 0 Å². The maximum Gasteiger partial charge on any atom is 0.215 e. The standard InChI is InChI=1S/C20H24N4O2S/c1-15-7-6-8-18(13-15)14-27(25,26)22-12-10-19-16(2)23-24(17(19)3)20-9-4-5-11-21-20/h4-9,11,13,22H,10,12,14H2,1-3H3. The molecule has 0 aliphatic heterocycles. The van der Waals surface area contributed by atoms with Gasteiger partial charge in [-0.25, -0.2) is 22.8 Å². The minimum atomic E-state index is -3.38. The van der Waals surface area contributed by atoms with Gasteiger partial charge in [0.25, 0.3) is 0 Å². The second-order valence-corrected chi connectivity index (χ2v) is 8.45. The van der Waals surface area contributed by atoms with Crippen LogP contribution in [0.5, 0.6) is 0 Å². The maximum atomic E-state index is 12.4. The molecule has 1 aromatic carbocycles. The molecule has 0 spiro atoms. The minimum Gasteiger partial charge on any atom is -0.237 e. The summed E-state index contributed by atoms with van der Waals surface area (Å²) in [4.78, 5) is 4.33. The lowest BCUT2D eigenvalue weighted by Crippen LogP contribution is -2.27. The topological polar surface area (TPSA) is 76.9 Å². The predicted molar refractivity (Wildman–Crippen MR) is 106 cm³/mol. The summed E-state index contributed by atoms with van der Waals surface area (Å²) in [5.74, 6) is 0.740. The van der Waals surface area contributed by atoms with E-state index in [0.29, 0.717) is 13.0 Å². The van der Waals surface area contributed by atoms with Gasteiger partial charge >= 0.3 is 0 Å². The number of aryl methyl sites for hydroxylation is 2. The van der Waals surface area contributed by atoms with E-state index in [9.17, 15) is 8.42 Å². The Labute approximate surface area is 160 Å². The van der Waals surface area contributed by atoms with Crippen LogP contribution in [0.2, 0.25) is 0 Å². The van der Waals surface area contributed by atoms with Gasteiger partial charge in [0.1, 0.15) is 0 Å². The fourth-order valence-electron chi connectivity index (χ4n) is 3.14. The molecule has 3 aromatic rings. The Bertz CT molecular complexity index is 1030. The van der Waals surface area contributed by atoms with E-state index >= 15 is 0 Å². The lowest BCUT2D eigenvalue weighted by molar-refractivity contribution is 0.580. The maximum absolute atomic E-state index is 12.4. The van der Waals surface area contributed by atoms with E-state index in [1.807, 2.05) is 63.2 Å². The molecule has 3 rings (SSSR count). The lowest BCUT2D eigenvalue weighted by atomic mass is 10.1. The molecule has 0 saturated carbocycles. The van der Waals surface area contributed by atoms with E-state index in [1.54, 1.807) is 10.9 Å². The van der Waals surface area contributed by atoms with E-state index in [4.69, 9.17) is 0 Å². The first kappa shape index (κ1) is 19.3. The van der Waals surface area contributed by atoms with E-state index in [0.717, 1.165) is 33.9 Å². The molecular weight excluding hydrogens is 360 g/mol.